The maximum Gasteiger partial charge on any atom is 0.189 e. The van der Waals surface area contributed by atoms with Crippen LogP contribution in [0.15, 0.2) is 34.8 Å². The molecule has 0 bridgehead atoms. The Labute approximate surface area is 91.7 Å². The van der Waals surface area contributed by atoms with Crippen LogP contribution in [0.5, 0.6) is 5.75 Å². The fourth-order valence-corrected chi connectivity index (χ4v) is 1.46. The smallest absolute Gasteiger partial charge is 0.189 e. The van der Waals surface area contributed by atoms with Gasteiger partial charge < -0.3 is 4.74 Å². The summed E-state index contributed by atoms with van der Waals surface area (Å²) in [6, 6.07) is 5.27. The van der Waals surface area contributed by atoms with Gasteiger partial charge in [0.05, 0.1) is 7.11 Å². The summed E-state index contributed by atoms with van der Waals surface area (Å²) in [5.41, 5.74) is 1.09. The van der Waals surface area contributed by atoms with Crippen molar-refractivity contribution in [2.45, 2.75) is 6.92 Å². The lowest BCUT2D eigenvalue weighted by Gasteiger charge is -2.05. The number of methoxy groups -OCH3 is 1. The molecule has 1 rings (SSSR count). The predicted octanol–water partition coefficient (Wildman–Crippen LogP) is 3.22. The molecular weight excluding hydrogens is 244 g/mol. The molecular formula is C11H11BrO2. The highest BCUT2D eigenvalue weighted by molar-refractivity contribution is 9.10. The Morgan fingerprint density at radius 2 is 2.14 bits per heavy atom. The summed E-state index contributed by atoms with van der Waals surface area (Å²) in [4.78, 5) is 11.6. The summed E-state index contributed by atoms with van der Waals surface area (Å²) in [6.45, 7) is 5.31. The highest BCUT2D eigenvalue weighted by Crippen LogP contribution is 2.24. The topological polar surface area (TPSA) is 26.3 Å². The number of halogens is 1. The SMILES string of the molecule is C=C(C)C(=O)c1cc(OC)ccc1Br. The van der Waals surface area contributed by atoms with Gasteiger partial charge in [0.2, 0.25) is 0 Å². The van der Waals surface area contributed by atoms with E-state index < -0.39 is 0 Å². The fraction of sp³-hybridized carbons (Fsp3) is 0.182. The van der Waals surface area contributed by atoms with Crippen LogP contribution in [0.25, 0.3) is 0 Å². The second-order valence-electron chi connectivity index (χ2n) is 2.96. The monoisotopic (exact) mass is 254 g/mol. The van der Waals surface area contributed by atoms with Gasteiger partial charge in [-0.05, 0) is 30.7 Å². The molecule has 0 heterocycles. The Morgan fingerprint density at radius 1 is 1.50 bits per heavy atom. The molecule has 1 aromatic rings. The van der Waals surface area contributed by atoms with E-state index in [2.05, 4.69) is 22.5 Å². The number of hydrogen-bond acceptors (Lipinski definition) is 2. The number of hydrogen-bond donors (Lipinski definition) is 0. The minimum Gasteiger partial charge on any atom is -0.497 e. The van der Waals surface area contributed by atoms with E-state index in [1.807, 2.05) is 0 Å². The normalized spacial score (nSPS) is 9.64. The summed E-state index contributed by atoms with van der Waals surface area (Å²) in [5, 5.41) is 0. The van der Waals surface area contributed by atoms with Crippen LogP contribution in [0.3, 0.4) is 0 Å². The van der Waals surface area contributed by atoms with Crippen LogP contribution in [0.1, 0.15) is 17.3 Å². The van der Waals surface area contributed by atoms with Crippen molar-refractivity contribution in [2.75, 3.05) is 7.11 Å². The third-order valence-electron chi connectivity index (χ3n) is 1.81. The van der Waals surface area contributed by atoms with Gasteiger partial charge in [0, 0.05) is 10.0 Å². The van der Waals surface area contributed by atoms with E-state index in [0.717, 1.165) is 4.47 Å². The van der Waals surface area contributed by atoms with Crippen LogP contribution in [0.4, 0.5) is 0 Å². The van der Waals surface area contributed by atoms with Gasteiger partial charge in [-0.3, -0.25) is 4.79 Å². The van der Waals surface area contributed by atoms with Crippen LogP contribution < -0.4 is 4.74 Å². The largest absolute Gasteiger partial charge is 0.497 e. The Balaban J connectivity index is 3.19. The number of benzene rings is 1. The van der Waals surface area contributed by atoms with Gasteiger partial charge in [0.15, 0.2) is 5.78 Å². The molecule has 0 saturated carbocycles. The van der Waals surface area contributed by atoms with Gasteiger partial charge >= 0.3 is 0 Å². The molecule has 0 saturated heterocycles. The zero-order valence-electron chi connectivity index (χ0n) is 8.13. The molecule has 0 amide bonds. The van der Waals surface area contributed by atoms with E-state index in [0.29, 0.717) is 16.9 Å². The summed E-state index contributed by atoms with van der Waals surface area (Å²) in [7, 11) is 1.57. The third kappa shape index (κ3) is 2.23. The lowest BCUT2D eigenvalue weighted by atomic mass is 10.1. The maximum atomic E-state index is 11.6. The maximum absolute atomic E-state index is 11.6. The van der Waals surface area contributed by atoms with Gasteiger partial charge in [-0.2, -0.15) is 0 Å². The molecule has 74 valence electrons. The number of carbonyl (C=O) groups is 1. The average Bonchev–Trinajstić information content (AvgIpc) is 2.17. The number of allylic oxidation sites excluding steroid dienone is 1. The van der Waals surface area contributed by atoms with Crippen molar-refractivity contribution in [1.29, 1.82) is 0 Å². The first kappa shape index (κ1) is 11.0. The Kier molecular flexibility index (Phi) is 3.47. The number of Topliss-reactive ketones (excluding diaryl/α,β-unsaturated/α-hetero) is 1. The highest BCUT2D eigenvalue weighted by Gasteiger charge is 2.11. The Morgan fingerprint density at radius 3 is 2.64 bits per heavy atom. The van der Waals surface area contributed by atoms with Crippen molar-refractivity contribution in [3.63, 3.8) is 0 Å². The molecule has 0 spiro atoms. The molecule has 0 radical (unpaired) electrons. The van der Waals surface area contributed by atoms with Gasteiger partial charge in [-0.25, -0.2) is 0 Å². The molecule has 0 aliphatic rings. The molecule has 14 heavy (non-hydrogen) atoms. The van der Waals surface area contributed by atoms with Crippen molar-refractivity contribution in [3.8, 4) is 5.75 Å². The molecule has 0 aromatic heterocycles. The average molecular weight is 255 g/mol. The first-order valence-electron chi connectivity index (χ1n) is 4.10. The Bertz CT molecular complexity index is 383. The second-order valence-corrected chi connectivity index (χ2v) is 3.81. The van der Waals surface area contributed by atoms with Crippen LogP contribution in [0, 0.1) is 0 Å². The fourth-order valence-electron chi connectivity index (χ4n) is 1.04. The molecule has 0 aliphatic carbocycles. The van der Waals surface area contributed by atoms with E-state index in [4.69, 9.17) is 4.74 Å². The molecule has 0 N–H and O–H groups in total. The zero-order chi connectivity index (χ0) is 10.7. The first-order chi connectivity index (χ1) is 6.56. The van der Waals surface area contributed by atoms with Gasteiger partial charge in [0.1, 0.15) is 5.75 Å². The number of ether oxygens (including phenoxy) is 1. The van der Waals surface area contributed by atoms with E-state index in [-0.39, 0.29) is 5.78 Å². The van der Waals surface area contributed by atoms with E-state index in [1.54, 1.807) is 32.2 Å². The predicted molar refractivity (Wildman–Crippen MR) is 59.8 cm³/mol. The lowest BCUT2D eigenvalue weighted by molar-refractivity contribution is 0.103. The van der Waals surface area contributed by atoms with Crippen LogP contribution in [-0.4, -0.2) is 12.9 Å². The summed E-state index contributed by atoms with van der Waals surface area (Å²) in [5.74, 6) is 0.591. The van der Waals surface area contributed by atoms with Crippen LogP contribution in [0.2, 0.25) is 0 Å². The number of rotatable bonds is 3. The minimum atomic E-state index is -0.0734. The lowest BCUT2D eigenvalue weighted by Crippen LogP contribution is -2.01. The molecule has 0 atom stereocenters. The molecule has 2 nitrogen and oxygen atoms in total. The van der Waals surface area contributed by atoms with Crippen LogP contribution >= 0.6 is 15.9 Å². The van der Waals surface area contributed by atoms with E-state index >= 15 is 0 Å². The number of ketones is 1. The van der Waals surface area contributed by atoms with Crippen LogP contribution in [-0.2, 0) is 0 Å². The molecule has 0 unspecified atom stereocenters. The summed E-state index contributed by atoms with van der Waals surface area (Å²) >= 11 is 3.31. The second kappa shape index (κ2) is 4.42. The molecule has 0 fully saturated rings. The molecule has 0 aliphatic heterocycles. The van der Waals surface area contributed by atoms with Crippen molar-refractivity contribution in [1.82, 2.24) is 0 Å². The van der Waals surface area contributed by atoms with Crippen molar-refractivity contribution < 1.29 is 9.53 Å². The summed E-state index contributed by atoms with van der Waals surface area (Å²) in [6.07, 6.45) is 0. The van der Waals surface area contributed by atoms with E-state index in [1.165, 1.54) is 0 Å². The summed E-state index contributed by atoms with van der Waals surface area (Å²) < 4.78 is 5.79. The van der Waals surface area contributed by atoms with Crippen molar-refractivity contribution in [3.05, 3.63) is 40.4 Å². The molecule has 3 heteroatoms. The minimum absolute atomic E-state index is 0.0734. The van der Waals surface area contributed by atoms with Gasteiger partial charge in [-0.15, -0.1) is 0 Å². The standard InChI is InChI=1S/C11H11BrO2/c1-7(2)11(13)9-6-8(14-3)4-5-10(9)12/h4-6H,1H2,2-3H3. The number of carbonyl (C=O) groups excluding carboxylic acids is 1. The quantitative estimate of drug-likeness (QED) is 0.612. The van der Waals surface area contributed by atoms with E-state index in [9.17, 15) is 4.79 Å². The molecule has 1 aromatic carbocycles. The third-order valence-corrected chi connectivity index (χ3v) is 2.50. The van der Waals surface area contributed by atoms with Crippen molar-refractivity contribution >= 4 is 21.7 Å². The van der Waals surface area contributed by atoms with Gasteiger partial charge in [0.25, 0.3) is 0 Å². The zero-order valence-corrected chi connectivity index (χ0v) is 9.72. The van der Waals surface area contributed by atoms with Crippen molar-refractivity contribution in [2.24, 2.45) is 0 Å². The first-order valence-corrected chi connectivity index (χ1v) is 4.89. The Hall–Kier alpha value is -1.09. The highest BCUT2D eigenvalue weighted by atomic mass is 79.9. The van der Waals surface area contributed by atoms with Gasteiger partial charge in [-0.1, -0.05) is 22.5 Å².